The Hall–Kier alpha value is -4.49. The third kappa shape index (κ3) is 5.22. The summed E-state index contributed by atoms with van der Waals surface area (Å²) in [7, 11) is 0. The number of nitriles is 1. The first-order chi connectivity index (χ1) is 17.9. The molecule has 2 aromatic heterocycles. The average molecular weight is 517 g/mol. The van der Waals surface area contributed by atoms with Crippen LogP contribution in [0.25, 0.3) is 22.4 Å². The number of esters is 2. The van der Waals surface area contributed by atoms with E-state index >= 15 is 0 Å². The Morgan fingerprint density at radius 1 is 1.11 bits per heavy atom. The number of H-pyrrole nitrogens is 1. The number of hydrogen-bond acceptors (Lipinski definition) is 8. The van der Waals surface area contributed by atoms with Crippen molar-refractivity contribution >= 4 is 45.2 Å². The van der Waals surface area contributed by atoms with Crippen molar-refractivity contribution < 1.29 is 23.9 Å². The van der Waals surface area contributed by atoms with E-state index in [0.717, 1.165) is 22.4 Å². The number of nitrogens with zero attached hydrogens (tertiary/aromatic N) is 2. The van der Waals surface area contributed by atoms with Crippen LogP contribution in [-0.4, -0.2) is 40.5 Å². The molecule has 0 saturated carbocycles. The number of aromatic amines is 1. The molecule has 2 heterocycles. The molecule has 0 bridgehead atoms. The number of anilines is 1. The van der Waals surface area contributed by atoms with E-state index < -0.39 is 23.9 Å². The summed E-state index contributed by atoms with van der Waals surface area (Å²) in [6, 6.07) is 16.4. The average Bonchev–Trinajstić information content (AvgIpc) is 3.47. The molecule has 0 saturated heterocycles. The molecular formula is C27H24N4O5S. The summed E-state index contributed by atoms with van der Waals surface area (Å²) in [6.07, 6.45) is -0.933. The quantitative estimate of drug-likeness (QED) is 0.307. The van der Waals surface area contributed by atoms with Crippen LogP contribution >= 0.6 is 11.3 Å². The summed E-state index contributed by atoms with van der Waals surface area (Å²) in [5.41, 5.74) is 2.96. The monoisotopic (exact) mass is 516 g/mol. The maximum absolute atomic E-state index is 13.2. The van der Waals surface area contributed by atoms with E-state index in [-0.39, 0.29) is 34.0 Å². The number of benzene rings is 2. The molecule has 188 valence electrons. The number of para-hydroxylation sites is 2. The van der Waals surface area contributed by atoms with Gasteiger partial charge in [-0.25, -0.2) is 14.6 Å². The molecule has 4 rings (SSSR count). The van der Waals surface area contributed by atoms with Crippen LogP contribution in [0.5, 0.6) is 0 Å². The van der Waals surface area contributed by atoms with Gasteiger partial charge in [-0.15, -0.1) is 11.3 Å². The van der Waals surface area contributed by atoms with Crippen molar-refractivity contribution in [2.45, 2.75) is 33.3 Å². The van der Waals surface area contributed by atoms with Crippen molar-refractivity contribution in [2.75, 3.05) is 11.9 Å². The first kappa shape index (κ1) is 25.6. The van der Waals surface area contributed by atoms with Gasteiger partial charge >= 0.3 is 11.9 Å². The molecule has 0 aliphatic carbocycles. The predicted molar refractivity (Wildman–Crippen MR) is 139 cm³/mol. The Balaban J connectivity index is 1.55. The Kier molecular flexibility index (Phi) is 7.65. The van der Waals surface area contributed by atoms with Gasteiger partial charge in [0, 0.05) is 5.56 Å². The molecule has 0 spiro atoms. The number of ether oxygens (including phenoxy) is 2. The molecule has 9 nitrogen and oxygen atoms in total. The molecule has 0 aliphatic rings. The summed E-state index contributed by atoms with van der Waals surface area (Å²) >= 11 is 0.950. The van der Waals surface area contributed by atoms with Gasteiger partial charge in [-0.2, -0.15) is 5.26 Å². The molecule has 0 fully saturated rings. The van der Waals surface area contributed by atoms with Crippen LogP contribution in [0.3, 0.4) is 0 Å². The number of amides is 1. The summed E-state index contributed by atoms with van der Waals surface area (Å²) in [5, 5.41) is 12.4. The number of fused-ring (bicyclic) bond motifs is 1. The van der Waals surface area contributed by atoms with Crippen LogP contribution in [0.2, 0.25) is 0 Å². The maximum atomic E-state index is 13.2. The van der Waals surface area contributed by atoms with Gasteiger partial charge < -0.3 is 19.8 Å². The number of aromatic nitrogens is 2. The summed E-state index contributed by atoms with van der Waals surface area (Å²) in [4.78, 5) is 46.4. The van der Waals surface area contributed by atoms with Crippen molar-refractivity contribution in [1.82, 2.24) is 9.97 Å². The largest absolute Gasteiger partial charge is 0.462 e. The van der Waals surface area contributed by atoms with Crippen molar-refractivity contribution in [3.63, 3.8) is 0 Å². The molecule has 2 aromatic carbocycles. The third-order valence-corrected chi connectivity index (χ3v) is 6.85. The summed E-state index contributed by atoms with van der Waals surface area (Å²) in [6.45, 7) is 5.19. The SMILES string of the molecule is CCOC(=O)c1sc(NC(=O)C(CC)OC(=O)c2ccccc2-c2nc3ccccc3[nH]2)c(C#N)c1C. The minimum absolute atomic E-state index is 0.165. The third-order valence-electron chi connectivity index (χ3n) is 5.66. The molecule has 0 aliphatic heterocycles. The van der Waals surface area contributed by atoms with Crippen LogP contribution in [0.4, 0.5) is 5.00 Å². The highest BCUT2D eigenvalue weighted by molar-refractivity contribution is 7.18. The molecule has 2 N–H and O–H groups in total. The van der Waals surface area contributed by atoms with Crippen LogP contribution in [0.1, 0.15) is 51.4 Å². The highest BCUT2D eigenvalue weighted by Gasteiger charge is 2.27. The lowest BCUT2D eigenvalue weighted by Crippen LogP contribution is -2.32. The molecule has 1 unspecified atom stereocenters. The zero-order valence-electron chi connectivity index (χ0n) is 20.5. The zero-order valence-corrected chi connectivity index (χ0v) is 21.3. The second kappa shape index (κ2) is 11.1. The number of hydrogen-bond donors (Lipinski definition) is 2. The molecule has 10 heteroatoms. The number of carbonyl (C=O) groups is 3. The number of imidazole rings is 1. The van der Waals surface area contributed by atoms with Crippen molar-refractivity contribution in [3.05, 3.63) is 70.1 Å². The van der Waals surface area contributed by atoms with Gasteiger partial charge in [0.25, 0.3) is 5.91 Å². The number of carbonyl (C=O) groups excluding carboxylic acids is 3. The van der Waals surface area contributed by atoms with Gasteiger partial charge in [0.1, 0.15) is 21.8 Å². The number of nitrogens with one attached hydrogen (secondary N) is 2. The fourth-order valence-corrected chi connectivity index (χ4v) is 4.84. The maximum Gasteiger partial charge on any atom is 0.348 e. The topological polar surface area (TPSA) is 134 Å². The minimum Gasteiger partial charge on any atom is -0.462 e. The standard InChI is InChI=1S/C27H24N4O5S/c1-4-21(24(32)31-25-18(14-28)15(3)22(37-25)27(34)35-5-2)36-26(33)17-11-7-6-10-16(17)23-29-19-12-8-9-13-20(19)30-23/h6-13,21H,4-5H2,1-3H3,(H,29,30)(H,31,32). The van der Waals surface area contributed by atoms with Gasteiger partial charge in [0.05, 0.1) is 28.8 Å². The van der Waals surface area contributed by atoms with E-state index in [9.17, 15) is 19.6 Å². The summed E-state index contributed by atoms with van der Waals surface area (Å²) in [5.74, 6) is -1.36. The van der Waals surface area contributed by atoms with E-state index in [1.54, 1.807) is 45.0 Å². The smallest absolute Gasteiger partial charge is 0.348 e. The lowest BCUT2D eigenvalue weighted by atomic mass is 10.1. The highest BCUT2D eigenvalue weighted by atomic mass is 32.1. The predicted octanol–water partition coefficient (Wildman–Crippen LogP) is 5.22. The molecule has 1 amide bonds. The van der Waals surface area contributed by atoms with Crippen LogP contribution in [0.15, 0.2) is 48.5 Å². The Labute approximate surface area is 217 Å². The van der Waals surface area contributed by atoms with Gasteiger partial charge in [-0.05, 0) is 44.0 Å². The molecule has 4 aromatic rings. The van der Waals surface area contributed by atoms with Gasteiger partial charge in [0.15, 0.2) is 6.10 Å². The Bertz CT molecular complexity index is 1500. The fraction of sp³-hybridized carbons (Fsp3) is 0.222. The van der Waals surface area contributed by atoms with Crippen LogP contribution in [-0.2, 0) is 14.3 Å². The molecule has 37 heavy (non-hydrogen) atoms. The van der Waals surface area contributed by atoms with E-state index in [0.29, 0.717) is 17.0 Å². The van der Waals surface area contributed by atoms with Crippen LogP contribution in [0, 0.1) is 18.3 Å². The zero-order chi connectivity index (χ0) is 26.5. The first-order valence-corrected chi connectivity index (χ1v) is 12.5. The highest BCUT2D eigenvalue weighted by Crippen LogP contribution is 2.33. The van der Waals surface area contributed by atoms with E-state index in [2.05, 4.69) is 15.3 Å². The number of rotatable bonds is 8. The number of thiophene rings is 1. The first-order valence-electron chi connectivity index (χ1n) is 11.6. The van der Waals surface area contributed by atoms with Crippen molar-refractivity contribution in [3.8, 4) is 17.5 Å². The van der Waals surface area contributed by atoms with Crippen LogP contribution < -0.4 is 5.32 Å². The minimum atomic E-state index is -1.13. The Morgan fingerprint density at radius 2 is 1.84 bits per heavy atom. The normalized spacial score (nSPS) is 11.5. The molecule has 1 atom stereocenters. The summed E-state index contributed by atoms with van der Waals surface area (Å²) < 4.78 is 10.6. The van der Waals surface area contributed by atoms with Gasteiger partial charge in [-0.1, -0.05) is 37.3 Å². The Morgan fingerprint density at radius 3 is 2.54 bits per heavy atom. The fourth-order valence-electron chi connectivity index (χ4n) is 3.78. The van der Waals surface area contributed by atoms with Gasteiger partial charge in [0.2, 0.25) is 0 Å². The van der Waals surface area contributed by atoms with E-state index in [1.165, 1.54) is 0 Å². The van der Waals surface area contributed by atoms with E-state index in [4.69, 9.17) is 9.47 Å². The lowest BCUT2D eigenvalue weighted by molar-refractivity contribution is -0.124. The van der Waals surface area contributed by atoms with Crippen molar-refractivity contribution in [2.24, 2.45) is 0 Å². The molecular weight excluding hydrogens is 492 g/mol. The van der Waals surface area contributed by atoms with Crippen molar-refractivity contribution in [1.29, 1.82) is 5.26 Å². The second-order valence-electron chi connectivity index (χ2n) is 8.03. The second-order valence-corrected chi connectivity index (χ2v) is 9.05. The lowest BCUT2D eigenvalue weighted by Gasteiger charge is -2.16. The molecule has 0 radical (unpaired) electrons. The van der Waals surface area contributed by atoms with E-state index in [1.807, 2.05) is 30.3 Å². The van der Waals surface area contributed by atoms with Gasteiger partial charge in [-0.3, -0.25) is 4.79 Å².